The molecule has 0 rings (SSSR count). The molecule has 0 spiro atoms. The first kappa shape index (κ1) is 26.6. The number of carbonyl (C=O) groups excluding carboxylic acids is 2. The average Bonchev–Trinajstić information content (AvgIpc) is 2.61. The standard InChI is InChI=1S/C23H44NO4/c1-6-7-8-9-10-11-12-13-14-15-16-18-27-22(25)20-24(4,5)17-19-28-23(26)21(2)3/h2,6-20H2,1,3-5H3/q+1. The number of likely N-dealkylation sites (N-methyl/N-ethyl adjacent to an activating group) is 1. The number of unbranched alkanes of at least 4 members (excludes halogenated alkanes) is 10. The number of carbonyl (C=O) groups is 2. The van der Waals surface area contributed by atoms with Crippen molar-refractivity contribution in [1.82, 2.24) is 0 Å². The van der Waals surface area contributed by atoms with Crippen LogP contribution in [-0.4, -0.2) is 56.8 Å². The Kier molecular flexibility index (Phi) is 15.8. The van der Waals surface area contributed by atoms with Crippen LogP contribution in [0, 0.1) is 0 Å². The molecule has 0 bridgehead atoms. The van der Waals surface area contributed by atoms with E-state index in [1.165, 1.54) is 57.8 Å². The van der Waals surface area contributed by atoms with Crippen LogP contribution in [0.4, 0.5) is 0 Å². The molecule has 0 unspecified atom stereocenters. The van der Waals surface area contributed by atoms with Crippen molar-refractivity contribution in [2.75, 3.05) is 40.4 Å². The van der Waals surface area contributed by atoms with Gasteiger partial charge >= 0.3 is 11.9 Å². The minimum Gasteiger partial charge on any atom is -0.462 e. The number of quaternary nitrogens is 1. The molecular weight excluding hydrogens is 354 g/mol. The molecule has 0 aliphatic rings. The van der Waals surface area contributed by atoms with Crippen LogP contribution >= 0.6 is 0 Å². The highest BCUT2D eigenvalue weighted by atomic mass is 16.5. The molecule has 0 aliphatic carbocycles. The minimum absolute atomic E-state index is 0.191. The lowest BCUT2D eigenvalue weighted by molar-refractivity contribution is -0.883. The summed E-state index contributed by atoms with van der Waals surface area (Å²) in [6, 6.07) is 0. The van der Waals surface area contributed by atoms with Crippen molar-refractivity contribution >= 4 is 11.9 Å². The Bertz CT molecular complexity index is 446. The fraction of sp³-hybridized carbons (Fsp3) is 0.826. The monoisotopic (exact) mass is 398 g/mol. The Morgan fingerprint density at radius 1 is 0.786 bits per heavy atom. The molecule has 164 valence electrons. The van der Waals surface area contributed by atoms with Gasteiger partial charge in [0.1, 0.15) is 13.2 Å². The van der Waals surface area contributed by atoms with Crippen molar-refractivity contribution in [2.45, 2.75) is 84.5 Å². The van der Waals surface area contributed by atoms with Crippen molar-refractivity contribution in [3.05, 3.63) is 12.2 Å². The van der Waals surface area contributed by atoms with Crippen LogP contribution in [0.3, 0.4) is 0 Å². The fourth-order valence-corrected chi connectivity index (χ4v) is 2.94. The largest absolute Gasteiger partial charge is 0.462 e. The number of rotatable bonds is 18. The van der Waals surface area contributed by atoms with Crippen LogP contribution < -0.4 is 0 Å². The molecule has 0 N–H and O–H groups in total. The molecule has 28 heavy (non-hydrogen) atoms. The van der Waals surface area contributed by atoms with Crippen molar-refractivity contribution < 1.29 is 23.5 Å². The van der Waals surface area contributed by atoms with Crippen LogP contribution in [0.15, 0.2) is 12.2 Å². The van der Waals surface area contributed by atoms with Crippen LogP contribution in [0.1, 0.15) is 84.5 Å². The zero-order chi connectivity index (χ0) is 21.3. The predicted octanol–water partition coefficient (Wildman–Crippen LogP) is 5.04. The van der Waals surface area contributed by atoms with E-state index in [0.717, 1.165) is 12.8 Å². The summed E-state index contributed by atoms with van der Waals surface area (Å²) in [6.45, 7) is 9.03. The Hall–Kier alpha value is -1.36. The second-order valence-corrected chi connectivity index (χ2v) is 8.49. The van der Waals surface area contributed by atoms with E-state index in [0.29, 0.717) is 23.2 Å². The summed E-state index contributed by atoms with van der Waals surface area (Å²) in [5, 5.41) is 0. The zero-order valence-electron chi connectivity index (χ0n) is 18.9. The van der Waals surface area contributed by atoms with Gasteiger partial charge in [-0.3, -0.25) is 0 Å². The Morgan fingerprint density at radius 2 is 1.29 bits per heavy atom. The Balaban J connectivity index is 3.57. The summed E-state index contributed by atoms with van der Waals surface area (Å²) >= 11 is 0. The molecule has 0 amide bonds. The van der Waals surface area contributed by atoms with Gasteiger partial charge in [0.2, 0.25) is 0 Å². The van der Waals surface area contributed by atoms with Crippen LogP contribution in [-0.2, 0) is 19.1 Å². The van der Waals surface area contributed by atoms with Gasteiger partial charge in [0.15, 0.2) is 6.54 Å². The second kappa shape index (κ2) is 16.6. The highest BCUT2D eigenvalue weighted by Crippen LogP contribution is 2.11. The van der Waals surface area contributed by atoms with Crippen LogP contribution in [0.2, 0.25) is 0 Å². The number of hydrogen-bond donors (Lipinski definition) is 0. The van der Waals surface area contributed by atoms with Gasteiger partial charge in [0.25, 0.3) is 0 Å². The van der Waals surface area contributed by atoms with Gasteiger partial charge < -0.3 is 14.0 Å². The molecule has 0 aromatic heterocycles. The van der Waals surface area contributed by atoms with Crippen molar-refractivity contribution in [3.63, 3.8) is 0 Å². The molecule has 0 saturated carbocycles. The smallest absolute Gasteiger partial charge is 0.361 e. The number of hydrogen-bond acceptors (Lipinski definition) is 4. The summed E-state index contributed by atoms with van der Waals surface area (Å²) in [5.74, 6) is -0.581. The molecule has 0 radical (unpaired) electrons. The lowest BCUT2D eigenvalue weighted by Gasteiger charge is -2.28. The van der Waals surface area contributed by atoms with Crippen molar-refractivity contribution in [2.24, 2.45) is 0 Å². The first-order valence-corrected chi connectivity index (χ1v) is 11.1. The van der Waals surface area contributed by atoms with E-state index in [9.17, 15) is 9.59 Å². The minimum atomic E-state index is -0.390. The van der Waals surface area contributed by atoms with Crippen LogP contribution in [0.25, 0.3) is 0 Å². The summed E-state index contributed by atoms with van der Waals surface area (Å²) < 4.78 is 10.9. The lowest BCUT2D eigenvalue weighted by Crippen LogP contribution is -2.46. The maximum absolute atomic E-state index is 12.0. The molecule has 0 aromatic carbocycles. The molecule has 0 fully saturated rings. The lowest BCUT2D eigenvalue weighted by atomic mass is 10.1. The summed E-state index contributed by atoms with van der Waals surface area (Å²) in [6.07, 6.45) is 14.1. The van der Waals surface area contributed by atoms with E-state index in [-0.39, 0.29) is 25.1 Å². The molecule has 0 saturated heterocycles. The van der Waals surface area contributed by atoms with E-state index in [4.69, 9.17) is 9.47 Å². The Labute approximate surface area is 173 Å². The molecule has 5 nitrogen and oxygen atoms in total. The van der Waals surface area contributed by atoms with E-state index >= 15 is 0 Å². The van der Waals surface area contributed by atoms with Crippen LogP contribution in [0.5, 0.6) is 0 Å². The van der Waals surface area contributed by atoms with Gasteiger partial charge in [-0.15, -0.1) is 0 Å². The van der Waals surface area contributed by atoms with Gasteiger partial charge in [-0.25, -0.2) is 9.59 Å². The van der Waals surface area contributed by atoms with Gasteiger partial charge in [-0.2, -0.15) is 0 Å². The maximum Gasteiger partial charge on any atom is 0.361 e. The summed E-state index contributed by atoms with van der Waals surface area (Å²) in [4.78, 5) is 23.4. The zero-order valence-corrected chi connectivity index (χ0v) is 18.9. The summed E-state index contributed by atoms with van der Waals surface area (Å²) in [7, 11) is 3.86. The average molecular weight is 399 g/mol. The van der Waals surface area contributed by atoms with Gasteiger partial charge in [0.05, 0.1) is 20.7 Å². The van der Waals surface area contributed by atoms with Gasteiger partial charge in [0, 0.05) is 5.57 Å². The highest BCUT2D eigenvalue weighted by molar-refractivity contribution is 5.86. The van der Waals surface area contributed by atoms with Crippen molar-refractivity contribution in [3.8, 4) is 0 Å². The third-order valence-electron chi connectivity index (χ3n) is 4.85. The molecular formula is C23H44NO4+. The van der Waals surface area contributed by atoms with Gasteiger partial charge in [-0.1, -0.05) is 77.7 Å². The van der Waals surface area contributed by atoms with E-state index in [2.05, 4.69) is 13.5 Å². The topological polar surface area (TPSA) is 52.6 Å². The first-order valence-electron chi connectivity index (χ1n) is 11.1. The third kappa shape index (κ3) is 16.8. The second-order valence-electron chi connectivity index (χ2n) is 8.49. The van der Waals surface area contributed by atoms with Gasteiger partial charge in [-0.05, 0) is 13.3 Å². The molecule has 0 aliphatic heterocycles. The first-order chi connectivity index (χ1) is 13.3. The number of ether oxygens (including phenoxy) is 2. The molecule has 0 atom stereocenters. The molecule has 5 heteroatoms. The quantitative estimate of drug-likeness (QED) is 0.140. The Morgan fingerprint density at radius 3 is 1.79 bits per heavy atom. The summed E-state index contributed by atoms with van der Waals surface area (Å²) in [5.41, 5.74) is 0.386. The highest BCUT2D eigenvalue weighted by Gasteiger charge is 2.21. The third-order valence-corrected chi connectivity index (χ3v) is 4.85. The van der Waals surface area contributed by atoms with E-state index < -0.39 is 0 Å². The molecule has 0 heterocycles. The fourth-order valence-electron chi connectivity index (χ4n) is 2.94. The number of esters is 2. The van der Waals surface area contributed by atoms with Crippen molar-refractivity contribution in [1.29, 1.82) is 0 Å². The molecule has 0 aromatic rings. The maximum atomic E-state index is 12.0. The van der Waals surface area contributed by atoms with E-state index in [1.54, 1.807) is 6.92 Å². The number of nitrogens with zero attached hydrogens (tertiary/aromatic N) is 1. The van der Waals surface area contributed by atoms with E-state index in [1.807, 2.05) is 14.1 Å². The SMILES string of the molecule is C=C(C)C(=O)OCC[N+](C)(C)CC(=O)OCCCCCCCCCCCCC. The predicted molar refractivity (Wildman–Crippen MR) is 115 cm³/mol. The normalized spacial score (nSPS) is 11.3.